The van der Waals surface area contributed by atoms with E-state index < -0.39 is 10.8 Å². The molecule has 0 aliphatic heterocycles. The SMILES string of the molecule is [C-]#[N+]C1=C[C@]2(C)C3=CC(=O)[C@@H]4[C@@H]5CC(C)(C)CC[C@]5(C(C)=O)CC[C@@]4(C)[C@]3(C)CC[C@H]2C(C)(C)C1=O. The molecule has 36 heavy (non-hydrogen) atoms. The maximum absolute atomic E-state index is 14.3. The van der Waals surface area contributed by atoms with Crippen molar-refractivity contribution in [2.45, 2.75) is 100 Å². The smallest absolute Gasteiger partial charge is 0.226 e. The average Bonchev–Trinajstić information content (AvgIpc) is 2.77. The molecule has 0 spiro atoms. The minimum absolute atomic E-state index is 0.0591. The van der Waals surface area contributed by atoms with Gasteiger partial charge in [0.15, 0.2) is 11.6 Å². The second-order valence-corrected chi connectivity index (χ2v) is 14.9. The van der Waals surface area contributed by atoms with Crippen LogP contribution < -0.4 is 0 Å². The molecule has 5 aliphatic rings. The number of fused-ring (bicyclic) bond motifs is 7. The molecule has 5 aliphatic carbocycles. The van der Waals surface area contributed by atoms with E-state index in [0.29, 0.717) is 0 Å². The van der Waals surface area contributed by atoms with Gasteiger partial charge >= 0.3 is 0 Å². The summed E-state index contributed by atoms with van der Waals surface area (Å²) in [6.07, 6.45) is 10.2. The van der Waals surface area contributed by atoms with E-state index in [1.54, 1.807) is 6.92 Å². The van der Waals surface area contributed by atoms with Crippen molar-refractivity contribution in [3.05, 3.63) is 34.8 Å². The molecule has 0 radical (unpaired) electrons. The Morgan fingerprint density at radius 2 is 1.61 bits per heavy atom. The summed E-state index contributed by atoms with van der Waals surface area (Å²) in [6.45, 7) is 24.9. The van der Waals surface area contributed by atoms with E-state index in [0.717, 1.165) is 50.5 Å². The Kier molecular flexibility index (Phi) is 5.19. The van der Waals surface area contributed by atoms with Crippen molar-refractivity contribution >= 4 is 17.3 Å². The van der Waals surface area contributed by atoms with E-state index >= 15 is 0 Å². The number of Topliss-reactive ketones (excluding diaryl/α,β-unsaturated/α-hetero) is 2. The van der Waals surface area contributed by atoms with Gasteiger partial charge in [-0.25, -0.2) is 4.85 Å². The molecule has 0 aromatic carbocycles. The lowest BCUT2D eigenvalue weighted by Crippen LogP contribution is -2.65. The molecule has 3 fully saturated rings. The van der Waals surface area contributed by atoms with Crippen molar-refractivity contribution in [1.82, 2.24) is 0 Å². The molecule has 3 saturated carbocycles. The molecule has 7 atom stereocenters. The third-order valence-corrected chi connectivity index (χ3v) is 12.5. The quantitative estimate of drug-likeness (QED) is 0.368. The molecule has 0 bridgehead atoms. The van der Waals surface area contributed by atoms with Gasteiger partial charge in [-0.15, -0.1) is 0 Å². The first-order chi connectivity index (χ1) is 16.5. The normalized spacial score (nSPS) is 46.7. The highest BCUT2D eigenvalue weighted by Gasteiger charge is 2.70. The number of carbonyl (C=O) groups excluding carboxylic acids is 3. The summed E-state index contributed by atoms with van der Waals surface area (Å²) in [5, 5.41) is 0. The van der Waals surface area contributed by atoms with Crippen molar-refractivity contribution in [3.8, 4) is 0 Å². The van der Waals surface area contributed by atoms with Crippen LogP contribution in [0.25, 0.3) is 4.85 Å². The Bertz CT molecular complexity index is 1180. The summed E-state index contributed by atoms with van der Waals surface area (Å²) in [5.41, 5.74) is -0.533. The number of carbonyl (C=O) groups is 3. The number of nitrogens with zero attached hydrogens (tertiary/aromatic N) is 1. The van der Waals surface area contributed by atoms with Crippen LogP contribution >= 0.6 is 0 Å². The monoisotopic (exact) mass is 489 g/mol. The summed E-state index contributed by atoms with van der Waals surface area (Å²) in [7, 11) is 0. The van der Waals surface area contributed by atoms with E-state index in [-0.39, 0.29) is 62.5 Å². The Balaban J connectivity index is 1.71. The van der Waals surface area contributed by atoms with Gasteiger partial charge in [0, 0.05) is 22.2 Å². The number of ketones is 3. The Morgan fingerprint density at radius 1 is 0.972 bits per heavy atom. The third kappa shape index (κ3) is 2.89. The van der Waals surface area contributed by atoms with Gasteiger partial charge in [0.05, 0.1) is 6.57 Å². The lowest BCUT2D eigenvalue weighted by Gasteiger charge is -2.69. The van der Waals surface area contributed by atoms with E-state index in [9.17, 15) is 14.4 Å². The third-order valence-electron chi connectivity index (χ3n) is 12.5. The van der Waals surface area contributed by atoms with Gasteiger partial charge in [-0.2, -0.15) is 0 Å². The summed E-state index contributed by atoms with van der Waals surface area (Å²) in [5.74, 6) is 0.348. The highest BCUT2D eigenvalue weighted by atomic mass is 16.1. The zero-order chi connectivity index (χ0) is 26.7. The lowest BCUT2D eigenvalue weighted by molar-refractivity contribution is -0.176. The zero-order valence-electron chi connectivity index (χ0n) is 23.5. The molecule has 4 heteroatoms. The van der Waals surface area contributed by atoms with Gasteiger partial charge in [-0.05, 0) is 86.0 Å². The second-order valence-electron chi connectivity index (χ2n) is 14.9. The van der Waals surface area contributed by atoms with Gasteiger partial charge in [-0.3, -0.25) is 9.59 Å². The average molecular weight is 490 g/mol. The van der Waals surface area contributed by atoms with Crippen LogP contribution in [0.1, 0.15) is 100 Å². The molecule has 0 unspecified atom stereocenters. The number of rotatable bonds is 1. The van der Waals surface area contributed by atoms with E-state index in [1.807, 2.05) is 26.0 Å². The largest absolute Gasteiger partial charge is 0.307 e. The molecule has 0 heterocycles. The predicted octanol–water partition coefficient (Wildman–Crippen LogP) is 7.15. The fourth-order valence-electron chi connectivity index (χ4n) is 10.2. The highest BCUT2D eigenvalue weighted by Crippen LogP contribution is 2.74. The first kappa shape index (κ1) is 25.6. The molecular weight excluding hydrogens is 446 g/mol. The van der Waals surface area contributed by atoms with Gasteiger partial charge < -0.3 is 4.79 Å². The molecule has 0 saturated heterocycles. The van der Waals surface area contributed by atoms with Gasteiger partial charge in [0.2, 0.25) is 5.70 Å². The van der Waals surface area contributed by atoms with Crippen LogP contribution in [0.2, 0.25) is 0 Å². The predicted molar refractivity (Wildman–Crippen MR) is 141 cm³/mol. The minimum Gasteiger partial charge on any atom is -0.307 e. The van der Waals surface area contributed by atoms with Crippen molar-refractivity contribution in [2.75, 3.05) is 0 Å². The summed E-state index contributed by atoms with van der Waals surface area (Å²) < 4.78 is 0. The van der Waals surface area contributed by atoms with Crippen LogP contribution in [0.15, 0.2) is 23.4 Å². The summed E-state index contributed by atoms with van der Waals surface area (Å²) in [6, 6.07) is 0. The van der Waals surface area contributed by atoms with Gasteiger partial charge in [-0.1, -0.05) is 60.1 Å². The molecule has 0 aromatic rings. The minimum atomic E-state index is -0.643. The molecule has 4 nitrogen and oxygen atoms in total. The molecule has 0 N–H and O–H groups in total. The van der Waals surface area contributed by atoms with Crippen LogP contribution in [0.4, 0.5) is 0 Å². The first-order valence-corrected chi connectivity index (χ1v) is 13.9. The van der Waals surface area contributed by atoms with Crippen molar-refractivity contribution in [3.63, 3.8) is 0 Å². The first-order valence-electron chi connectivity index (χ1n) is 13.9. The Morgan fingerprint density at radius 3 is 2.22 bits per heavy atom. The van der Waals surface area contributed by atoms with Crippen LogP contribution in [-0.2, 0) is 14.4 Å². The standard InChI is InChI=1S/C32H43NO3/c1-19(34)32-14-12-27(2,3)17-20(32)25-22(35)16-24-29(6)18-21(33-9)26(36)28(4,5)23(29)10-11-30(24,7)31(25,8)13-15-32/h16,18,20,23,25H,10-15,17H2,1-8H3/t20-,23-,25-,29-,30+,31+,32+/m0/s1. The fraction of sp³-hybridized carbons (Fsp3) is 0.750. The lowest BCUT2D eigenvalue weighted by atomic mass is 9.34. The fourth-order valence-corrected chi connectivity index (χ4v) is 10.2. The maximum atomic E-state index is 14.3. The summed E-state index contributed by atoms with van der Waals surface area (Å²) in [4.78, 5) is 44.4. The highest BCUT2D eigenvalue weighted by molar-refractivity contribution is 6.03. The Labute approximate surface area is 217 Å². The van der Waals surface area contributed by atoms with Crippen LogP contribution in [-0.4, -0.2) is 17.3 Å². The van der Waals surface area contributed by atoms with E-state index in [1.165, 1.54) is 0 Å². The van der Waals surface area contributed by atoms with Crippen molar-refractivity contribution in [2.24, 2.45) is 50.2 Å². The maximum Gasteiger partial charge on any atom is 0.226 e. The topological polar surface area (TPSA) is 55.6 Å². The second kappa shape index (κ2) is 7.30. The van der Waals surface area contributed by atoms with E-state index in [2.05, 4.69) is 39.5 Å². The van der Waals surface area contributed by atoms with Crippen LogP contribution in [0.5, 0.6) is 0 Å². The number of allylic oxidation sites excluding steroid dienone is 4. The zero-order valence-corrected chi connectivity index (χ0v) is 23.5. The van der Waals surface area contributed by atoms with Crippen molar-refractivity contribution < 1.29 is 14.4 Å². The number of hydrogen-bond acceptors (Lipinski definition) is 3. The van der Waals surface area contributed by atoms with Gasteiger partial charge in [0.25, 0.3) is 0 Å². The molecule has 0 amide bonds. The summed E-state index contributed by atoms with van der Waals surface area (Å²) >= 11 is 0. The van der Waals surface area contributed by atoms with Crippen LogP contribution in [0, 0.1) is 56.8 Å². The van der Waals surface area contributed by atoms with Crippen molar-refractivity contribution in [1.29, 1.82) is 0 Å². The molecule has 194 valence electrons. The van der Waals surface area contributed by atoms with Crippen LogP contribution in [0.3, 0.4) is 0 Å². The Hall–Kier alpha value is -2.02. The van der Waals surface area contributed by atoms with Gasteiger partial charge in [0.1, 0.15) is 5.78 Å². The number of hydrogen-bond donors (Lipinski definition) is 0. The molecule has 0 aromatic heterocycles. The van der Waals surface area contributed by atoms with E-state index in [4.69, 9.17) is 6.57 Å². The molecular formula is C32H43NO3. The molecule has 5 rings (SSSR count).